The molecule has 0 unspecified atom stereocenters. The molecule has 0 radical (unpaired) electrons. The van der Waals surface area contributed by atoms with Crippen molar-refractivity contribution >= 4 is 27.5 Å². The first-order valence-corrected chi connectivity index (χ1v) is 7.63. The third-order valence-electron chi connectivity index (χ3n) is 3.13. The summed E-state index contributed by atoms with van der Waals surface area (Å²) in [7, 11) is 0. The minimum Gasteiger partial charge on any atom is -0.489 e. The lowest BCUT2D eigenvalue weighted by atomic mass is 10.1. The second kappa shape index (κ2) is 6.44. The predicted octanol–water partition coefficient (Wildman–Crippen LogP) is 5.43. The number of rotatable bonds is 4. The van der Waals surface area contributed by atoms with Gasteiger partial charge in [-0.25, -0.2) is 0 Å². The smallest absolute Gasteiger partial charge is 0.123 e. The maximum Gasteiger partial charge on any atom is 0.123 e. The molecule has 2 aromatic carbocycles. The molecule has 2 aromatic rings. The van der Waals surface area contributed by atoms with E-state index in [1.165, 1.54) is 16.7 Å². The summed E-state index contributed by atoms with van der Waals surface area (Å²) in [6, 6.07) is 12.1. The minimum absolute atomic E-state index is 0.572. The van der Waals surface area contributed by atoms with Crippen LogP contribution in [0.2, 0.25) is 5.02 Å². The van der Waals surface area contributed by atoms with Gasteiger partial charge in [-0.15, -0.1) is 0 Å². The second-order valence-electron chi connectivity index (χ2n) is 4.59. The van der Waals surface area contributed by atoms with Crippen molar-refractivity contribution in [2.75, 3.05) is 0 Å². The first-order valence-electron chi connectivity index (χ1n) is 6.13. The summed E-state index contributed by atoms with van der Waals surface area (Å²) >= 11 is 9.43. The molecule has 0 bridgehead atoms. The molecular formula is C16H16BrClO. The molecule has 0 aliphatic carbocycles. The highest BCUT2D eigenvalue weighted by atomic mass is 79.9. The molecule has 0 saturated carbocycles. The summed E-state index contributed by atoms with van der Waals surface area (Å²) in [6.07, 6.45) is 0. The van der Waals surface area contributed by atoms with Gasteiger partial charge < -0.3 is 4.74 Å². The van der Waals surface area contributed by atoms with Gasteiger partial charge in [-0.05, 0) is 48.7 Å². The zero-order valence-corrected chi connectivity index (χ0v) is 13.4. The quantitative estimate of drug-likeness (QED) is 0.675. The second-order valence-corrected chi connectivity index (χ2v) is 5.59. The van der Waals surface area contributed by atoms with Gasteiger partial charge in [0.05, 0.1) is 0 Å². The van der Waals surface area contributed by atoms with Crippen molar-refractivity contribution in [3.8, 4) is 5.75 Å². The van der Waals surface area contributed by atoms with Crippen LogP contribution >= 0.6 is 27.5 Å². The minimum atomic E-state index is 0.572. The molecule has 0 N–H and O–H groups in total. The van der Waals surface area contributed by atoms with Crippen molar-refractivity contribution in [3.05, 3.63) is 63.7 Å². The lowest BCUT2D eigenvalue weighted by molar-refractivity contribution is 0.304. The molecule has 0 spiro atoms. The van der Waals surface area contributed by atoms with Crippen molar-refractivity contribution in [2.45, 2.75) is 25.8 Å². The van der Waals surface area contributed by atoms with Gasteiger partial charge in [-0.2, -0.15) is 0 Å². The number of aryl methyl sites for hydroxylation is 2. The largest absolute Gasteiger partial charge is 0.489 e. The maximum absolute atomic E-state index is 5.97. The van der Waals surface area contributed by atoms with Crippen molar-refractivity contribution in [1.29, 1.82) is 0 Å². The Labute approximate surface area is 127 Å². The fourth-order valence-electron chi connectivity index (χ4n) is 1.85. The SMILES string of the molecule is Cc1ccc(COc2ccc(Cl)cc2CBr)cc1C. The molecule has 19 heavy (non-hydrogen) atoms. The van der Waals surface area contributed by atoms with Crippen LogP contribution in [-0.4, -0.2) is 0 Å². The van der Waals surface area contributed by atoms with Crippen LogP contribution in [0.3, 0.4) is 0 Å². The normalized spacial score (nSPS) is 10.5. The van der Waals surface area contributed by atoms with Crippen molar-refractivity contribution in [1.82, 2.24) is 0 Å². The molecule has 0 aromatic heterocycles. The van der Waals surface area contributed by atoms with Gasteiger partial charge in [-0.1, -0.05) is 45.7 Å². The van der Waals surface area contributed by atoms with Crippen LogP contribution in [0.4, 0.5) is 0 Å². The molecule has 0 aliphatic heterocycles. The van der Waals surface area contributed by atoms with Crippen LogP contribution < -0.4 is 4.74 Å². The molecular weight excluding hydrogens is 324 g/mol. The Balaban J connectivity index is 2.12. The number of ether oxygens (including phenoxy) is 1. The third kappa shape index (κ3) is 3.74. The van der Waals surface area contributed by atoms with E-state index in [0.717, 1.165) is 21.7 Å². The number of benzene rings is 2. The third-order valence-corrected chi connectivity index (χ3v) is 3.97. The van der Waals surface area contributed by atoms with E-state index in [4.69, 9.17) is 16.3 Å². The molecule has 3 heteroatoms. The highest BCUT2D eigenvalue weighted by Crippen LogP contribution is 2.26. The van der Waals surface area contributed by atoms with E-state index in [1.807, 2.05) is 18.2 Å². The summed E-state index contributed by atoms with van der Waals surface area (Å²) in [4.78, 5) is 0. The first kappa shape index (κ1) is 14.4. The highest BCUT2D eigenvalue weighted by molar-refractivity contribution is 9.08. The predicted molar refractivity (Wildman–Crippen MR) is 84.3 cm³/mol. The Hall–Kier alpha value is -0.990. The van der Waals surface area contributed by atoms with Gasteiger partial charge in [0, 0.05) is 15.9 Å². The zero-order chi connectivity index (χ0) is 13.8. The van der Waals surface area contributed by atoms with Gasteiger partial charge in [0.1, 0.15) is 12.4 Å². The number of halogens is 2. The molecule has 0 saturated heterocycles. The standard InChI is InChI=1S/C16H16BrClO/c1-11-3-4-13(7-12(11)2)10-19-16-6-5-15(18)8-14(16)9-17/h3-8H,9-10H2,1-2H3. The molecule has 0 fully saturated rings. The van der Waals surface area contributed by atoms with Crippen LogP contribution in [0.5, 0.6) is 5.75 Å². The lowest BCUT2D eigenvalue weighted by Gasteiger charge is -2.11. The van der Waals surface area contributed by atoms with Gasteiger partial charge in [-0.3, -0.25) is 0 Å². The number of hydrogen-bond acceptors (Lipinski definition) is 1. The Bertz CT molecular complexity index is 581. The van der Waals surface area contributed by atoms with Crippen molar-refractivity contribution in [2.24, 2.45) is 0 Å². The molecule has 0 amide bonds. The van der Waals surface area contributed by atoms with E-state index < -0.39 is 0 Å². The van der Waals surface area contributed by atoms with Crippen LogP contribution in [0.25, 0.3) is 0 Å². The molecule has 100 valence electrons. The zero-order valence-electron chi connectivity index (χ0n) is 11.0. The van der Waals surface area contributed by atoms with Crippen LogP contribution in [0.1, 0.15) is 22.3 Å². The average Bonchev–Trinajstić information content (AvgIpc) is 2.41. The fraction of sp³-hybridized carbons (Fsp3) is 0.250. The lowest BCUT2D eigenvalue weighted by Crippen LogP contribution is -1.98. The van der Waals surface area contributed by atoms with E-state index in [2.05, 4.69) is 48.0 Å². The Kier molecular flexibility index (Phi) is 4.89. The summed E-state index contributed by atoms with van der Waals surface area (Å²) < 4.78 is 5.88. The Morgan fingerprint density at radius 2 is 1.84 bits per heavy atom. The summed E-state index contributed by atoms with van der Waals surface area (Å²) in [5, 5.41) is 1.46. The van der Waals surface area contributed by atoms with Gasteiger partial charge in [0.15, 0.2) is 0 Å². The van der Waals surface area contributed by atoms with E-state index in [9.17, 15) is 0 Å². The maximum atomic E-state index is 5.97. The monoisotopic (exact) mass is 338 g/mol. The molecule has 0 heterocycles. The highest BCUT2D eigenvalue weighted by Gasteiger charge is 2.04. The first-order chi connectivity index (χ1) is 9.10. The van der Waals surface area contributed by atoms with Crippen molar-refractivity contribution in [3.63, 3.8) is 0 Å². The Morgan fingerprint density at radius 3 is 2.53 bits per heavy atom. The average molecular weight is 340 g/mol. The van der Waals surface area contributed by atoms with Gasteiger partial charge >= 0.3 is 0 Å². The van der Waals surface area contributed by atoms with Crippen LogP contribution in [0.15, 0.2) is 36.4 Å². The Morgan fingerprint density at radius 1 is 1.05 bits per heavy atom. The molecule has 2 rings (SSSR count). The summed E-state index contributed by atoms with van der Waals surface area (Å²) in [6.45, 7) is 4.80. The van der Waals surface area contributed by atoms with Crippen LogP contribution in [-0.2, 0) is 11.9 Å². The van der Waals surface area contributed by atoms with E-state index in [-0.39, 0.29) is 0 Å². The van der Waals surface area contributed by atoms with E-state index in [0.29, 0.717) is 6.61 Å². The van der Waals surface area contributed by atoms with E-state index in [1.54, 1.807) is 0 Å². The number of hydrogen-bond donors (Lipinski definition) is 0. The summed E-state index contributed by atoms with van der Waals surface area (Å²) in [5.41, 5.74) is 4.84. The fourth-order valence-corrected chi connectivity index (χ4v) is 2.48. The number of alkyl halides is 1. The van der Waals surface area contributed by atoms with E-state index >= 15 is 0 Å². The molecule has 0 atom stereocenters. The van der Waals surface area contributed by atoms with Crippen molar-refractivity contribution < 1.29 is 4.74 Å². The van der Waals surface area contributed by atoms with Gasteiger partial charge in [0.25, 0.3) is 0 Å². The molecule has 0 aliphatic rings. The van der Waals surface area contributed by atoms with Gasteiger partial charge in [0.2, 0.25) is 0 Å². The van der Waals surface area contributed by atoms with Crippen LogP contribution in [0, 0.1) is 13.8 Å². The molecule has 1 nitrogen and oxygen atoms in total. The summed E-state index contributed by atoms with van der Waals surface area (Å²) in [5.74, 6) is 0.875. The topological polar surface area (TPSA) is 9.23 Å².